The van der Waals surface area contributed by atoms with Gasteiger partial charge in [-0.15, -0.1) is 0 Å². The monoisotopic (exact) mass is 417 g/mol. The average Bonchev–Trinajstić information content (AvgIpc) is 2.69. The van der Waals surface area contributed by atoms with Gasteiger partial charge in [0.05, 0.1) is 29.7 Å². The Labute approximate surface area is 171 Å². The van der Waals surface area contributed by atoms with Crippen molar-refractivity contribution in [1.29, 1.82) is 0 Å². The molecule has 3 aromatic rings. The van der Waals surface area contributed by atoms with E-state index in [0.29, 0.717) is 16.3 Å². The lowest BCUT2D eigenvalue weighted by Gasteiger charge is -2.09. The van der Waals surface area contributed by atoms with Crippen molar-refractivity contribution in [1.82, 2.24) is 14.9 Å². The van der Waals surface area contributed by atoms with Gasteiger partial charge in [-0.3, -0.25) is 14.2 Å². The number of carbonyl (C=O) groups excluding carboxylic acids is 1. The minimum atomic E-state index is -0.336. The average molecular weight is 418 g/mol. The number of hydrogen-bond acceptors (Lipinski definition) is 4. The van der Waals surface area contributed by atoms with E-state index < -0.39 is 0 Å². The maximum atomic E-state index is 12.3. The smallest absolute Gasteiger partial charge is 0.253 e. The number of aromatic nitrogens is 2. The van der Waals surface area contributed by atoms with E-state index in [4.69, 9.17) is 27.9 Å². The van der Waals surface area contributed by atoms with Crippen molar-refractivity contribution in [2.75, 3.05) is 13.7 Å². The Morgan fingerprint density at radius 3 is 2.54 bits per heavy atom. The summed E-state index contributed by atoms with van der Waals surface area (Å²) in [6.45, 7) is 0.535. The fourth-order valence-corrected chi connectivity index (χ4v) is 3.07. The van der Waals surface area contributed by atoms with E-state index in [9.17, 15) is 9.59 Å². The predicted molar refractivity (Wildman–Crippen MR) is 109 cm³/mol. The standard InChI is InChI=1S/C20H17Cl2N3O3/c1-28-15-5-2-13(3-6-15)18-11-19(26)25(12-24-18)9-8-23-20(27)16-7-4-14(21)10-17(16)22/h2-7,10-12H,8-9H2,1H3,(H,23,27). The summed E-state index contributed by atoms with van der Waals surface area (Å²) in [5, 5.41) is 3.45. The minimum absolute atomic E-state index is 0.209. The largest absolute Gasteiger partial charge is 0.497 e. The lowest BCUT2D eigenvalue weighted by Crippen LogP contribution is -2.31. The lowest BCUT2D eigenvalue weighted by atomic mass is 10.1. The highest BCUT2D eigenvalue weighted by atomic mass is 35.5. The molecule has 144 valence electrons. The molecule has 6 nitrogen and oxygen atoms in total. The summed E-state index contributed by atoms with van der Waals surface area (Å²) < 4.78 is 6.55. The minimum Gasteiger partial charge on any atom is -0.497 e. The lowest BCUT2D eigenvalue weighted by molar-refractivity contribution is 0.0952. The van der Waals surface area contributed by atoms with Crippen LogP contribution in [-0.2, 0) is 6.54 Å². The van der Waals surface area contributed by atoms with Crippen LogP contribution >= 0.6 is 23.2 Å². The molecule has 3 rings (SSSR count). The highest BCUT2D eigenvalue weighted by molar-refractivity contribution is 6.36. The Bertz CT molecular complexity index is 1050. The van der Waals surface area contributed by atoms with E-state index in [2.05, 4.69) is 10.3 Å². The van der Waals surface area contributed by atoms with Crippen LogP contribution in [0.1, 0.15) is 10.4 Å². The van der Waals surface area contributed by atoms with Crippen LogP contribution in [0.2, 0.25) is 10.0 Å². The molecule has 0 aliphatic carbocycles. The zero-order valence-corrected chi connectivity index (χ0v) is 16.5. The highest BCUT2D eigenvalue weighted by Crippen LogP contribution is 2.21. The highest BCUT2D eigenvalue weighted by Gasteiger charge is 2.10. The van der Waals surface area contributed by atoms with Crippen molar-refractivity contribution in [2.24, 2.45) is 0 Å². The van der Waals surface area contributed by atoms with Crippen LogP contribution in [0.5, 0.6) is 5.75 Å². The number of amides is 1. The molecule has 2 aromatic carbocycles. The number of rotatable bonds is 6. The molecule has 0 fully saturated rings. The number of methoxy groups -OCH3 is 1. The van der Waals surface area contributed by atoms with Crippen LogP contribution in [0.3, 0.4) is 0 Å². The van der Waals surface area contributed by atoms with Gasteiger partial charge in [0.15, 0.2) is 0 Å². The fraction of sp³-hybridized carbons (Fsp3) is 0.150. The summed E-state index contributed by atoms with van der Waals surface area (Å²) >= 11 is 11.9. The normalized spacial score (nSPS) is 10.5. The van der Waals surface area contributed by atoms with Crippen molar-refractivity contribution in [3.63, 3.8) is 0 Å². The predicted octanol–water partition coefficient (Wildman–Crippen LogP) is 3.66. The maximum absolute atomic E-state index is 12.3. The van der Waals surface area contributed by atoms with Crippen LogP contribution < -0.4 is 15.6 Å². The molecule has 1 heterocycles. The number of nitrogens with zero attached hydrogens (tertiary/aromatic N) is 2. The summed E-state index contributed by atoms with van der Waals surface area (Å²) in [7, 11) is 1.59. The molecular formula is C20H17Cl2N3O3. The van der Waals surface area contributed by atoms with Gasteiger partial charge in [0, 0.05) is 29.7 Å². The molecule has 0 saturated heterocycles. The first kappa shape index (κ1) is 19.9. The second-order valence-electron chi connectivity index (χ2n) is 5.91. The van der Waals surface area contributed by atoms with Crippen molar-refractivity contribution in [3.05, 3.63) is 80.8 Å². The van der Waals surface area contributed by atoms with Crippen LogP contribution in [-0.4, -0.2) is 29.1 Å². The Hall–Kier alpha value is -2.83. The molecule has 28 heavy (non-hydrogen) atoms. The summed E-state index contributed by atoms with van der Waals surface area (Å²) in [4.78, 5) is 28.8. The van der Waals surface area contributed by atoms with Crippen LogP contribution in [0, 0.1) is 0 Å². The molecular weight excluding hydrogens is 401 g/mol. The van der Waals surface area contributed by atoms with Crippen molar-refractivity contribution in [2.45, 2.75) is 6.54 Å². The number of carbonyl (C=O) groups is 1. The summed E-state index contributed by atoms with van der Waals surface area (Å²) in [6, 6.07) is 13.4. The van der Waals surface area contributed by atoms with Gasteiger partial charge >= 0.3 is 0 Å². The zero-order valence-electron chi connectivity index (χ0n) is 15.0. The van der Waals surface area contributed by atoms with Crippen LogP contribution in [0.25, 0.3) is 11.3 Å². The van der Waals surface area contributed by atoms with Gasteiger partial charge in [-0.1, -0.05) is 23.2 Å². The van der Waals surface area contributed by atoms with Crippen molar-refractivity contribution < 1.29 is 9.53 Å². The first-order chi connectivity index (χ1) is 13.5. The number of nitrogens with one attached hydrogen (secondary N) is 1. The Morgan fingerprint density at radius 2 is 1.89 bits per heavy atom. The molecule has 1 aromatic heterocycles. The third kappa shape index (κ3) is 4.71. The van der Waals surface area contributed by atoms with E-state index in [-0.39, 0.29) is 29.6 Å². The molecule has 0 atom stereocenters. The van der Waals surface area contributed by atoms with E-state index in [0.717, 1.165) is 11.3 Å². The van der Waals surface area contributed by atoms with E-state index in [1.807, 2.05) is 12.1 Å². The second-order valence-corrected chi connectivity index (χ2v) is 6.76. The third-order valence-corrected chi connectivity index (χ3v) is 4.63. The molecule has 0 aliphatic rings. The van der Waals surface area contributed by atoms with Gasteiger partial charge in [0.25, 0.3) is 11.5 Å². The number of ether oxygens (including phenoxy) is 1. The molecule has 8 heteroatoms. The summed E-state index contributed by atoms with van der Waals surface area (Å²) in [5.41, 5.74) is 1.50. The van der Waals surface area contributed by atoms with Gasteiger partial charge in [-0.05, 0) is 42.5 Å². The van der Waals surface area contributed by atoms with Crippen molar-refractivity contribution >= 4 is 29.1 Å². The Kier molecular flexibility index (Phi) is 6.34. The van der Waals surface area contributed by atoms with E-state index >= 15 is 0 Å². The Morgan fingerprint density at radius 1 is 1.14 bits per heavy atom. The van der Waals surface area contributed by atoms with E-state index in [1.165, 1.54) is 23.0 Å². The van der Waals surface area contributed by atoms with Gasteiger partial charge in [-0.2, -0.15) is 0 Å². The molecule has 0 aliphatic heterocycles. The topological polar surface area (TPSA) is 73.2 Å². The SMILES string of the molecule is COc1ccc(-c2cc(=O)n(CCNC(=O)c3ccc(Cl)cc3Cl)cn2)cc1. The molecule has 0 saturated carbocycles. The van der Waals surface area contributed by atoms with Gasteiger partial charge in [0.1, 0.15) is 5.75 Å². The molecule has 0 radical (unpaired) electrons. The Balaban J connectivity index is 1.63. The third-order valence-electron chi connectivity index (χ3n) is 4.08. The summed E-state index contributed by atoms with van der Waals surface area (Å²) in [6.07, 6.45) is 1.46. The fourth-order valence-electron chi connectivity index (χ4n) is 2.57. The second kappa shape index (κ2) is 8.91. The molecule has 0 unspecified atom stereocenters. The quantitative estimate of drug-likeness (QED) is 0.663. The molecule has 0 bridgehead atoms. The van der Waals surface area contributed by atoms with Gasteiger partial charge in [-0.25, -0.2) is 4.98 Å². The van der Waals surface area contributed by atoms with Gasteiger partial charge in [0.2, 0.25) is 0 Å². The molecule has 1 N–H and O–H groups in total. The van der Waals surface area contributed by atoms with Gasteiger partial charge < -0.3 is 10.1 Å². The van der Waals surface area contributed by atoms with E-state index in [1.54, 1.807) is 31.4 Å². The van der Waals surface area contributed by atoms with Crippen LogP contribution in [0.4, 0.5) is 0 Å². The number of halogens is 2. The zero-order chi connectivity index (χ0) is 20.1. The summed E-state index contributed by atoms with van der Waals surface area (Å²) in [5.74, 6) is 0.395. The number of benzene rings is 2. The van der Waals surface area contributed by atoms with Crippen LogP contribution in [0.15, 0.2) is 59.7 Å². The first-order valence-corrected chi connectivity index (χ1v) is 9.17. The van der Waals surface area contributed by atoms with Crippen molar-refractivity contribution in [3.8, 4) is 17.0 Å². The first-order valence-electron chi connectivity index (χ1n) is 8.42. The maximum Gasteiger partial charge on any atom is 0.253 e. The molecule has 0 spiro atoms. The number of hydrogen-bond donors (Lipinski definition) is 1. The molecule has 1 amide bonds.